The van der Waals surface area contributed by atoms with E-state index in [0.717, 1.165) is 13.0 Å². The number of carbonyl (C=O) groups is 1. The Labute approximate surface area is 135 Å². The topological polar surface area (TPSA) is 50.8 Å². The Balaban J connectivity index is 2.96. The van der Waals surface area contributed by atoms with Gasteiger partial charge in [-0.2, -0.15) is 0 Å². The van der Waals surface area contributed by atoms with Crippen molar-refractivity contribution in [2.24, 2.45) is 0 Å². The number of ether oxygens (including phenoxy) is 2. The van der Waals surface area contributed by atoms with Crippen LogP contribution < -0.4 is 14.8 Å². The van der Waals surface area contributed by atoms with Gasteiger partial charge in [0.1, 0.15) is 5.56 Å². The van der Waals surface area contributed by atoms with Crippen LogP contribution in [0.5, 0.6) is 11.5 Å². The number of nitrogens with one attached hydrogen (secondary N) is 1. The Kier molecular flexibility index (Phi) is 7.08. The monoisotopic (exact) mass is 334 g/mol. The maximum absolute atomic E-state index is 12.4. The van der Waals surface area contributed by atoms with Gasteiger partial charge in [0.15, 0.2) is 11.5 Å². The van der Waals surface area contributed by atoms with Crippen molar-refractivity contribution in [1.29, 1.82) is 0 Å². The second kappa shape index (κ2) is 8.32. The summed E-state index contributed by atoms with van der Waals surface area (Å²) in [5.41, 5.74) is 0.211. The number of halogens is 2. The van der Waals surface area contributed by atoms with Crippen molar-refractivity contribution in [3.05, 3.63) is 21.7 Å². The fourth-order valence-electron chi connectivity index (χ4n) is 1.88. The fourth-order valence-corrected chi connectivity index (χ4v) is 2.49. The van der Waals surface area contributed by atoms with Crippen molar-refractivity contribution in [2.45, 2.75) is 6.42 Å². The number of rotatable bonds is 7. The average molecular weight is 335 g/mol. The SMILES string of the molecule is COc1c(Cl)cc(Cl)c(OC)c1C(=O)NCCCN(C)C. The van der Waals surface area contributed by atoms with E-state index in [2.05, 4.69) is 5.32 Å². The van der Waals surface area contributed by atoms with Crippen molar-refractivity contribution in [3.8, 4) is 11.5 Å². The molecule has 5 nitrogen and oxygen atoms in total. The van der Waals surface area contributed by atoms with Gasteiger partial charge in [-0.05, 0) is 33.1 Å². The van der Waals surface area contributed by atoms with Crippen LogP contribution in [0.3, 0.4) is 0 Å². The van der Waals surface area contributed by atoms with Crippen LogP contribution in [0.1, 0.15) is 16.8 Å². The van der Waals surface area contributed by atoms with Gasteiger partial charge in [0, 0.05) is 6.54 Å². The van der Waals surface area contributed by atoms with E-state index in [1.54, 1.807) is 0 Å². The third-order valence-corrected chi connectivity index (χ3v) is 3.41. The van der Waals surface area contributed by atoms with Crippen molar-refractivity contribution in [1.82, 2.24) is 10.2 Å². The predicted molar refractivity (Wildman–Crippen MR) is 85.1 cm³/mol. The van der Waals surface area contributed by atoms with Gasteiger partial charge < -0.3 is 19.7 Å². The minimum absolute atomic E-state index is 0.211. The zero-order valence-corrected chi connectivity index (χ0v) is 14.1. The number of benzene rings is 1. The molecule has 0 atom stereocenters. The summed E-state index contributed by atoms with van der Waals surface area (Å²) in [7, 11) is 6.84. The van der Waals surface area contributed by atoms with Gasteiger partial charge in [0.05, 0.1) is 24.3 Å². The molecule has 21 heavy (non-hydrogen) atoms. The molecule has 0 aliphatic heterocycles. The Morgan fingerprint density at radius 1 is 1.19 bits per heavy atom. The molecule has 0 saturated heterocycles. The molecule has 118 valence electrons. The van der Waals surface area contributed by atoms with E-state index >= 15 is 0 Å². The Morgan fingerprint density at radius 2 is 1.71 bits per heavy atom. The summed E-state index contributed by atoms with van der Waals surface area (Å²) < 4.78 is 10.4. The van der Waals surface area contributed by atoms with E-state index in [1.807, 2.05) is 19.0 Å². The lowest BCUT2D eigenvalue weighted by molar-refractivity contribution is 0.0946. The van der Waals surface area contributed by atoms with E-state index in [4.69, 9.17) is 32.7 Å². The molecule has 1 rings (SSSR count). The van der Waals surface area contributed by atoms with Crippen molar-refractivity contribution < 1.29 is 14.3 Å². The number of amides is 1. The fraction of sp³-hybridized carbons (Fsp3) is 0.500. The molecule has 0 saturated carbocycles. The number of hydrogen-bond acceptors (Lipinski definition) is 4. The van der Waals surface area contributed by atoms with Gasteiger partial charge in [-0.15, -0.1) is 0 Å². The maximum atomic E-state index is 12.4. The molecular formula is C14H20Cl2N2O3. The van der Waals surface area contributed by atoms with Crippen molar-refractivity contribution in [2.75, 3.05) is 41.4 Å². The van der Waals surface area contributed by atoms with Gasteiger partial charge in [0.2, 0.25) is 0 Å². The molecule has 7 heteroatoms. The number of methoxy groups -OCH3 is 2. The Morgan fingerprint density at radius 3 is 2.14 bits per heavy atom. The molecule has 0 radical (unpaired) electrons. The summed E-state index contributed by atoms with van der Waals surface area (Å²) in [6.45, 7) is 1.41. The molecule has 0 spiro atoms. The minimum atomic E-state index is -0.327. The highest BCUT2D eigenvalue weighted by Gasteiger charge is 2.23. The molecule has 0 aromatic heterocycles. The van der Waals surface area contributed by atoms with Crippen molar-refractivity contribution in [3.63, 3.8) is 0 Å². The second-order valence-corrected chi connectivity index (χ2v) is 5.51. The Hall–Kier alpha value is -1.17. The molecular weight excluding hydrogens is 315 g/mol. The average Bonchev–Trinajstić information content (AvgIpc) is 2.42. The summed E-state index contributed by atoms with van der Waals surface area (Å²) in [5, 5.41) is 3.35. The van der Waals surface area contributed by atoms with Crippen LogP contribution in [0.25, 0.3) is 0 Å². The molecule has 1 amide bonds. The first-order chi connectivity index (χ1) is 9.92. The lowest BCUT2D eigenvalue weighted by Gasteiger charge is -2.16. The van der Waals surface area contributed by atoms with Crippen molar-refractivity contribution >= 4 is 29.1 Å². The molecule has 1 aromatic rings. The normalized spacial score (nSPS) is 10.6. The molecule has 0 aliphatic carbocycles. The van der Waals surface area contributed by atoms with Crippen LogP contribution in [-0.2, 0) is 0 Å². The summed E-state index contributed by atoms with van der Waals surface area (Å²) in [5.74, 6) is 0.179. The zero-order chi connectivity index (χ0) is 16.0. The smallest absolute Gasteiger partial charge is 0.258 e. The molecule has 1 N–H and O–H groups in total. The number of hydrogen-bond donors (Lipinski definition) is 1. The number of nitrogens with zero attached hydrogens (tertiary/aromatic N) is 1. The second-order valence-electron chi connectivity index (χ2n) is 4.69. The predicted octanol–water partition coefficient (Wildman–Crippen LogP) is 2.69. The zero-order valence-electron chi connectivity index (χ0n) is 12.6. The molecule has 0 unspecified atom stereocenters. The van der Waals surface area contributed by atoms with Crippen LogP contribution in [-0.4, -0.2) is 52.2 Å². The third-order valence-electron chi connectivity index (χ3n) is 2.84. The maximum Gasteiger partial charge on any atom is 0.258 e. The quantitative estimate of drug-likeness (QED) is 0.779. The van der Waals surface area contributed by atoms with Crippen LogP contribution in [0.4, 0.5) is 0 Å². The van der Waals surface area contributed by atoms with Gasteiger partial charge in [-0.1, -0.05) is 23.2 Å². The van der Waals surface area contributed by atoms with Gasteiger partial charge in [-0.3, -0.25) is 4.79 Å². The standard InChI is InChI=1S/C14H20Cl2N2O3/c1-18(2)7-5-6-17-14(19)11-12(20-3)9(15)8-10(16)13(11)21-4/h8H,5-7H2,1-4H3,(H,17,19). The van der Waals surface area contributed by atoms with Crippen LogP contribution in [0.15, 0.2) is 6.07 Å². The first-order valence-electron chi connectivity index (χ1n) is 6.45. The lowest BCUT2D eigenvalue weighted by Crippen LogP contribution is -2.28. The highest BCUT2D eigenvalue weighted by molar-refractivity contribution is 6.37. The lowest BCUT2D eigenvalue weighted by atomic mass is 10.1. The van der Waals surface area contributed by atoms with Gasteiger partial charge in [0.25, 0.3) is 5.91 Å². The van der Waals surface area contributed by atoms with Gasteiger partial charge in [-0.25, -0.2) is 0 Å². The summed E-state index contributed by atoms with van der Waals surface area (Å²) in [6.07, 6.45) is 0.831. The largest absolute Gasteiger partial charge is 0.494 e. The van der Waals surface area contributed by atoms with E-state index in [1.165, 1.54) is 20.3 Å². The molecule has 0 aliphatic rings. The third kappa shape index (κ3) is 4.66. The number of carbonyl (C=O) groups excluding carboxylic acids is 1. The van der Waals surface area contributed by atoms with Crippen LogP contribution in [0.2, 0.25) is 10.0 Å². The molecule has 0 heterocycles. The van der Waals surface area contributed by atoms with Crippen LogP contribution in [0, 0.1) is 0 Å². The molecule has 0 bridgehead atoms. The summed E-state index contributed by atoms with van der Waals surface area (Å²) in [4.78, 5) is 14.4. The summed E-state index contributed by atoms with van der Waals surface area (Å²) in [6, 6.07) is 1.49. The van der Waals surface area contributed by atoms with E-state index in [0.29, 0.717) is 6.54 Å². The first-order valence-corrected chi connectivity index (χ1v) is 7.20. The Bertz CT molecular complexity index is 479. The van der Waals surface area contributed by atoms with E-state index in [9.17, 15) is 4.79 Å². The van der Waals surface area contributed by atoms with E-state index < -0.39 is 0 Å². The highest BCUT2D eigenvalue weighted by Crippen LogP contribution is 2.40. The van der Waals surface area contributed by atoms with Crippen LogP contribution >= 0.6 is 23.2 Å². The minimum Gasteiger partial charge on any atom is -0.494 e. The first kappa shape index (κ1) is 17.9. The molecule has 1 aromatic carbocycles. The summed E-state index contributed by atoms with van der Waals surface area (Å²) >= 11 is 12.1. The highest BCUT2D eigenvalue weighted by atomic mass is 35.5. The molecule has 0 fully saturated rings. The van der Waals surface area contributed by atoms with Gasteiger partial charge >= 0.3 is 0 Å². The van der Waals surface area contributed by atoms with E-state index in [-0.39, 0.29) is 33.0 Å².